The predicted octanol–water partition coefficient (Wildman–Crippen LogP) is 2.32. The summed E-state index contributed by atoms with van der Waals surface area (Å²) in [5.74, 6) is 1.59. The first-order valence-electron chi connectivity index (χ1n) is 8.12. The second-order valence-electron chi connectivity index (χ2n) is 6.06. The summed E-state index contributed by atoms with van der Waals surface area (Å²) in [5, 5.41) is 0. The van der Waals surface area contributed by atoms with Gasteiger partial charge in [0.25, 0.3) is 5.91 Å². The van der Waals surface area contributed by atoms with Crippen LogP contribution in [0.2, 0.25) is 0 Å². The van der Waals surface area contributed by atoms with Gasteiger partial charge in [-0.2, -0.15) is 0 Å². The number of nitrogens with zero attached hydrogens (tertiary/aromatic N) is 3. The molecule has 0 radical (unpaired) electrons. The summed E-state index contributed by atoms with van der Waals surface area (Å²) in [6.07, 6.45) is 1.83. The molecule has 2 aromatic rings. The average molecular weight is 329 g/mol. The van der Waals surface area contributed by atoms with Crippen LogP contribution in [0.4, 0.5) is 0 Å². The van der Waals surface area contributed by atoms with Crippen LogP contribution in [-0.2, 0) is 22.7 Å². The van der Waals surface area contributed by atoms with Gasteiger partial charge < -0.3 is 18.9 Å². The van der Waals surface area contributed by atoms with E-state index in [9.17, 15) is 4.79 Å². The molecular formula is C18H23N3O3. The molecule has 0 saturated carbocycles. The number of aromatic nitrogens is 2. The van der Waals surface area contributed by atoms with Crippen molar-refractivity contribution in [2.75, 3.05) is 20.3 Å². The highest BCUT2D eigenvalue weighted by atomic mass is 16.5. The fraction of sp³-hybridized carbons (Fsp3) is 0.444. The van der Waals surface area contributed by atoms with E-state index in [1.54, 1.807) is 7.11 Å². The van der Waals surface area contributed by atoms with E-state index in [4.69, 9.17) is 9.47 Å². The summed E-state index contributed by atoms with van der Waals surface area (Å²) in [6, 6.07) is 7.63. The van der Waals surface area contributed by atoms with Crippen LogP contribution in [0.25, 0.3) is 0 Å². The van der Waals surface area contributed by atoms with Gasteiger partial charge in [-0.1, -0.05) is 17.7 Å². The van der Waals surface area contributed by atoms with E-state index in [1.165, 1.54) is 0 Å². The molecule has 0 unspecified atom stereocenters. The monoisotopic (exact) mass is 329 g/mol. The lowest BCUT2D eigenvalue weighted by Crippen LogP contribution is -2.43. The number of carbonyl (C=O) groups is 1. The van der Waals surface area contributed by atoms with Crippen LogP contribution in [0, 0.1) is 6.92 Å². The molecule has 2 heterocycles. The van der Waals surface area contributed by atoms with Crippen molar-refractivity contribution < 1.29 is 14.3 Å². The Balaban J connectivity index is 1.64. The van der Waals surface area contributed by atoms with Crippen molar-refractivity contribution in [2.45, 2.75) is 33.0 Å². The molecule has 1 amide bonds. The quantitative estimate of drug-likeness (QED) is 0.845. The highest BCUT2D eigenvalue weighted by molar-refractivity contribution is 5.78. The first-order chi connectivity index (χ1) is 11.6. The zero-order valence-corrected chi connectivity index (χ0v) is 14.4. The number of carbonyl (C=O) groups excluding carboxylic acids is 1. The van der Waals surface area contributed by atoms with E-state index in [2.05, 4.69) is 9.55 Å². The van der Waals surface area contributed by atoms with E-state index in [0.717, 1.165) is 23.6 Å². The number of ether oxygens (including phenoxy) is 2. The fourth-order valence-electron chi connectivity index (χ4n) is 3.03. The Morgan fingerprint density at radius 3 is 2.75 bits per heavy atom. The number of imidazole rings is 1. The van der Waals surface area contributed by atoms with Crippen molar-refractivity contribution in [1.29, 1.82) is 0 Å². The van der Waals surface area contributed by atoms with Crippen LogP contribution >= 0.6 is 0 Å². The number of methoxy groups -OCH3 is 1. The molecule has 6 nitrogen and oxygen atoms in total. The van der Waals surface area contributed by atoms with Gasteiger partial charge in [-0.25, -0.2) is 4.98 Å². The molecule has 128 valence electrons. The van der Waals surface area contributed by atoms with Crippen molar-refractivity contribution in [1.82, 2.24) is 14.5 Å². The zero-order valence-electron chi connectivity index (χ0n) is 14.4. The predicted molar refractivity (Wildman–Crippen MR) is 89.7 cm³/mol. The van der Waals surface area contributed by atoms with Gasteiger partial charge in [0, 0.05) is 20.2 Å². The van der Waals surface area contributed by atoms with E-state index in [1.807, 2.05) is 49.2 Å². The molecule has 0 aliphatic carbocycles. The maximum atomic E-state index is 12.5. The lowest BCUT2D eigenvalue weighted by Gasteiger charge is -2.34. The molecule has 0 fully saturated rings. The molecule has 1 aliphatic heterocycles. The first kappa shape index (κ1) is 16.5. The van der Waals surface area contributed by atoms with E-state index >= 15 is 0 Å². The van der Waals surface area contributed by atoms with Crippen LogP contribution in [0.15, 0.2) is 30.5 Å². The molecule has 3 rings (SSSR count). The van der Waals surface area contributed by atoms with Gasteiger partial charge in [0.2, 0.25) is 0 Å². The SMILES string of the molecule is COCc1cnc2n1CCN(C(=O)COc1ccc(C)cc1)[C@H]2C. The van der Waals surface area contributed by atoms with E-state index in [0.29, 0.717) is 18.9 Å². The molecule has 0 spiro atoms. The lowest BCUT2D eigenvalue weighted by atomic mass is 10.2. The first-order valence-corrected chi connectivity index (χ1v) is 8.12. The van der Waals surface area contributed by atoms with Crippen LogP contribution in [0.1, 0.15) is 30.0 Å². The van der Waals surface area contributed by atoms with Crippen LogP contribution in [-0.4, -0.2) is 40.6 Å². The number of aryl methyl sites for hydroxylation is 1. The number of hydrogen-bond acceptors (Lipinski definition) is 4. The van der Waals surface area contributed by atoms with Gasteiger partial charge in [-0.15, -0.1) is 0 Å². The van der Waals surface area contributed by atoms with E-state index < -0.39 is 0 Å². The Bertz CT molecular complexity index is 709. The topological polar surface area (TPSA) is 56.6 Å². The summed E-state index contributed by atoms with van der Waals surface area (Å²) in [7, 11) is 1.67. The third-order valence-corrected chi connectivity index (χ3v) is 4.37. The van der Waals surface area contributed by atoms with Crippen LogP contribution in [0.5, 0.6) is 5.75 Å². The van der Waals surface area contributed by atoms with Gasteiger partial charge in [0.1, 0.15) is 11.6 Å². The molecular weight excluding hydrogens is 306 g/mol. The molecule has 0 bridgehead atoms. The average Bonchev–Trinajstić information content (AvgIpc) is 2.99. The minimum atomic E-state index is -0.0709. The highest BCUT2D eigenvalue weighted by Crippen LogP contribution is 2.25. The number of hydrogen-bond donors (Lipinski definition) is 0. The second-order valence-corrected chi connectivity index (χ2v) is 6.06. The maximum Gasteiger partial charge on any atom is 0.261 e. The van der Waals surface area contributed by atoms with Crippen molar-refractivity contribution >= 4 is 5.91 Å². The largest absolute Gasteiger partial charge is 0.484 e. The molecule has 1 aliphatic rings. The van der Waals surface area contributed by atoms with Gasteiger partial charge in [0.05, 0.1) is 24.5 Å². The molecule has 1 aromatic carbocycles. The Morgan fingerprint density at radius 1 is 1.29 bits per heavy atom. The summed E-state index contributed by atoms with van der Waals surface area (Å²) >= 11 is 0. The minimum Gasteiger partial charge on any atom is -0.484 e. The molecule has 24 heavy (non-hydrogen) atoms. The van der Waals surface area contributed by atoms with Gasteiger partial charge >= 0.3 is 0 Å². The third-order valence-electron chi connectivity index (χ3n) is 4.37. The fourth-order valence-corrected chi connectivity index (χ4v) is 3.03. The number of fused-ring (bicyclic) bond motifs is 1. The summed E-state index contributed by atoms with van der Waals surface area (Å²) < 4.78 is 13.0. The van der Waals surface area contributed by atoms with Crippen molar-refractivity contribution in [2.24, 2.45) is 0 Å². The third kappa shape index (κ3) is 3.28. The van der Waals surface area contributed by atoms with Crippen molar-refractivity contribution in [3.63, 3.8) is 0 Å². The smallest absolute Gasteiger partial charge is 0.261 e. The summed E-state index contributed by atoms with van der Waals surface area (Å²) in [5.41, 5.74) is 2.21. The lowest BCUT2D eigenvalue weighted by molar-refractivity contribution is -0.136. The Morgan fingerprint density at radius 2 is 2.04 bits per heavy atom. The normalized spacial score (nSPS) is 16.8. The van der Waals surface area contributed by atoms with Gasteiger partial charge in [0.15, 0.2) is 6.61 Å². The number of amides is 1. The molecule has 0 saturated heterocycles. The summed E-state index contributed by atoms with van der Waals surface area (Å²) in [6.45, 7) is 5.97. The van der Waals surface area contributed by atoms with Crippen molar-refractivity contribution in [3.8, 4) is 5.75 Å². The maximum absolute atomic E-state index is 12.5. The minimum absolute atomic E-state index is 0.0226. The molecule has 1 aromatic heterocycles. The highest BCUT2D eigenvalue weighted by Gasteiger charge is 2.30. The van der Waals surface area contributed by atoms with Gasteiger partial charge in [-0.3, -0.25) is 4.79 Å². The molecule has 6 heteroatoms. The Hall–Kier alpha value is -2.34. The Kier molecular flexibility index (Phi) is 4.85. The second kappa shape index (κ2) is 7.05. The van der Waals surface area contributed by atoms with Crippen LogP contribution < -0.4 is 4.74 Å². The van der Waals surface area contributed by atoms with Crippen LogP contribution in [0.3, 0.4) is 0 Å². The van der Waals surface area contributed by atoms with E-state index in [-0.39, 0.29) is 18.6 Å². The van der Waals surface area contributed by atoms with Crippen molar-refractivity contribution in [3.05, 3.63) is 47.5 Å². The standard InChI is InChI=1S/C18H23N3O3/c1-13-4-6-16(7-5-13)24-12-17(22)20-8-9-21-15(11-23-3)10-19-18(21)14(20)2/h4-7,10,14H,8-9,11-12H2,1-3H3/t14-/m0/s1. The number of benzene rings is 1. The Labute approximate surface area is 142 Å². The molecule has 0 N–H and O–H groups in total. The van der Waals surface area contributed by atoms with Gasteiger partial charge in [-0.05, 0) is 26.0 Å². The zero-order chi connectivity index (χ0) is 17.1. The molecule has 1 atom stereocenters. The number of rotatable bonds is 5. The summed E-state index contributed by atoms with van der Waals surface area (Å²) in [4.78, 5) is 18.8.